The Labute approximate surface area is 209 Å². The van der Waals surface area contributed by atoms with E-state index in [-0.39, 0.29) is 30.4 Å². The monoisotopic (exact) mass is 515 g/mol. The van der Waals surface area contributed by atoms with E-state index in [2.05, 4.69) is 10.3 Å². The Morgan fingerprint density at radius 3 is 2.51 bits per heavy atom. The number of ether oxygens (including phenoxy) is 2. The molecule has 35 heavy (non-hydrogen) atoms. The fraction of sp³-hybridized carbons (Fsp3) is 0.280. The van der Waals surface area contributed by atoms with Crippen molar-refractivity contribution in [1.82, 2.24) is 14.6 Å². The quantitative estimate of drug-likeness (QED) is 0.493. The zero-order chi connectivity index (χ0) is 25.0. The van der Waals surface area contributed by atoms with Gasteiger partial charge in [-0.1, -0.05) is 23.7 Å². The highest BCUT2D eigenvalue weighted by Crippen LogP contribution is 2.41. The van der Waals surface area contributed by atoms with E-state index in [9.17, 15) is 13.2 Å². The lowest BCUT2D eigenvalue weighted by Crippen LogP contribution is -2.35. The average Bonchev–Trinajstić information content (AvgIpc) is 3.34. The third-order valence-electron chi connectivity index (χ3n) is 6.08. The number of carbonyl (C=O) groups is 1. The summed E-state index contributed by atoms with van der Waals surface area (Å²) in [6.45, 7) is 0.390. The number of sulfonamides is 1. The Morgan fingerprint density at radius 2 is 1.86 bits per heavy atom. The van der Waals surface area contributed by atoms with E-state index in [1.165, 1.54) is 35.7 Å². The number of benzene rings is 2. The summed E-state index contributed by atoms with van der Waals surface area (Å²) in [5.41, 5.74) is 1.45. The molecule has 1 amide bonds. The molecule has 1 aliphatic rings. The van der Waals surface area contributed by atoms with Gasteiger partial charge in [0.2, 0.25) is 15.9 Å². The first kappa shape index (κ1) is 25.0. The van der Waals surface area contributed by atoms with Crippen molar-refractivity contribution < 1.29 is 22.7 Å². The summed E-state index contributed by atoms with van der Waals surface area (Å²) in [5, 5.41) is 3.36. The van der Waals surface area contributed by atoms with Crippen LogP contribution in [0.5, 0.6) is 11.5 Å². The molecule has 0 spiro atoms. The molecule has 2 unspecified atom stereocenters. The van der Waals surface area contributed by atoms with Gasteiger partial charge in [-0.05, 0) is 48.0 Å². The minimum atomic E-state index is -3.85. The second-order valence-electron chi connectivity index (χ2n) is 8.14. The number of amides is 1. The maximum atomic E-state index is 13.4. The van der Waals surface area contributed by atoms with Crippen LogP contribution in [-0.4, -0.2) is 50.9 Å². The third-order valence-corrected chi connectivity index (χ3v) is 8.18. The van der Waals surface area contributed by atoms with Crippen molar-refractivity contribution in [3.05, 3.63) is 83.1 Å². The number of pyridine rings is 1. The Bertz CT molecular complexity index is 1290. The van der Waals surface area contributed by atoms with Crippen LogP contribution in [0.4, 0.5) is 0 Å². The van der Waals surface area contributed by atoms with Crippen LogP contribution in [-0.2, 0) is 21.4 Å². The second-order valence-corrected chi connectivity index (χ2v) is 10.5. The third kappa shape index (κ3) is 5.42. The van der Waals surface area contributed by atoms with Gasteiger partial charge in [0, 0.05) is 36.3 Å². The molecule has 8 nitrogen and oxygen atoms in total. The minimum Gasteiger partial charge on any atom is -0.497 e. The number of carbonyl (C=O) groups excluding carboxylic acids is 1. The standard InChI is InChI=1S/C25H26ClN3O5S/c1-33-19-8-11-21(24(13-19)34-2)22-15-29(35(31,32)20-9-6-17(26)7-10-20)16-23(22)25(30)28-14-18-5-3-4-12-27-18/h3-13,22-23H,14-16H2,1-2H3,(H,28,30). The van der Waals surface area contributed by atoms with Crippen molar-refractivity contribution in [2.24, 2.45) is 5.92 Å². The fourth-order valence-corrected chi connectivity index (χ4v) is 5.85. The van der Waals surface area contributed by atoms with Crippen molar-refractivity contribution in [3.63, 3.8) is 0 Å². The van der Waals surface area contributed by atoms with Crippen LogP contribution in [0.25, 0.3) is 0 Å². The zero-order valence-corrected chi connectivity index (χ0v) is 20.9. The van der Waals surface area contributed by atoms with Gasteiger partial charge in [-0.25, -0.2) is 8.42 Å². The van der Waals surface area contributed by atoms with Gasteiger partial charge in [-0.2, -0.15) is 4.31 Å². The predicted octanol–water partition coefficient (Wildman–Crippen LogP) is 3.47. The number of nitrogens with zero attached hydrogens (tertiary/aromatic N) is 2. The molecule has 0 bridgehead atoms. The number of rotatable bonds is 8. The van der Waals surface area contributed by atoms with E-state index in [1.54, 1.807) is 31.5 Å². The molecule has 10 heteroatoms. The van der Waals surface area contributed by atoms with Crippen molar-refractivity contribution >= 4 is 27.5 Å². The molecule has 2 atom stereocenters. The van der Waals surface area contributed by atoms with Crippen LogP contribution in [0, 0.1) is 5.92 Å². The number of nitrogens with one attached hydrogen (secondary N) is 1. The second kappa shape index (κ2) is 10.6. The first-order valence-electron chi connectivity index (χ1n) is 11.0. The smallest absolute Gasteiger partial charge is 0.243 e. The summed E-state index contributed by atoms with van der Waals surface area (Å²) in [4.78, 5) is 17.7. The van der Waals surface area contributed by atoms with Gasteiger partial charge in [0.05, 0.1) is 37.3 Å². The summed E-state index contributed by atoms with van der Waals surface area (Å²) in [6, 6.07) is 16.8. The van der Waals surface area contributed by atoms with Gasteiger partial charge in [0.25, 0.3) is 0 Å². The van der Waals surface area contributed by atoms with Gasteiger partial charge in [0.1, 0.15) is 11.5 Å². The maximum absolute atomic E-state index is 13.4. The Kier molecular flexibility index (Phi) is 7.59. The largest absolute Gasteiger partial charge is 0.497 e. The first-order chi connectivity index (χ1) is 16.8. The molecule has 1 aliphatic heterocycles. The molecule has 184 valence electrons. The summed E-state index contributed by atoms with van der Waals surface area (Å²) < 4.78 is 39.0. The molecule has 1 aromatic heterocycles. The van der Waals surface area contributed by atoms with E-state index in [0.29, 0.717) is 22.2 Å². The molecule has 3 aromatic rings. The predicted molar refractivity (Wildman–Crippen MR) is 132 cm³/mol. The highest BCUT2D eigenvalue weighted by Gasteiger charge is 2.44. The van der Waals surface area contributed by atoms with Crippen LogP contribution in [0.1, 0.15) is 17.2 Å². The fourth-order valence-electron chi connectivity index (χ4n) is 4.24. The number of methoxy groups -OCH3 is 2. The highest BCUT2D eigenvalue weighted by atomic mass is 35.5. The number of hydrogen-bond acceptors (Lipinski definition) is 6. The summed E-state index contributed by atoms with van der Waals surface area (Å²) in [5.74, 6) is -0.190. The van der Waals surface area contributed by atoms with Crippen LogP contribution in [0.3, 0.4) is 0 Å². The van der Waals surface area contributed by atoms with E-state index in [4.69, 9.17) is 21.1 Å². The van der Waals surface area contributed by atoms with Crippen LogP contribution >= 0.6 is 11.6 Å². The lowest BCUT2D eigenvalue weighted by Gasteiger charge is -2.21. The number of aromatic nitrogens is 1. The normalized spacial score (nSPS) is 18.3. The summed E-state index contributed by atoms with van der Waals surface area (Å²) in [7, 11) is -0.758. The van der Waals surface area contributed by atoms with Crippen molar-refractivity contribution in [3.8, 4) is 11.5 Å². The van der Waals surface area contributed by atoms with Gasteiger partial charge < -0.3 is 14.8 Å². The number of halogens is 1. The molecule has 0 saturated carbocycles. The van der Waals surface area contributed by atoms with Crippen molar-refractivity contribution in [1.29, 1.82) is 0 Å². The van der Waals surface area contributed by atoms with Crippen LogP contribution < -0.4 is 14.8 Å². The molecule has 2 aromatic carbocycles. The van der Waals surface area contributed by atoms with Gasteiger partial charge in [-0.15, -0.1) is 0 Å². The van der Waals surface area contributed by atoms with Gasteiger partial charge in [0.15, 0.2) is 0 Å². The Hall–Kier alpha value is -3.14. The molecular formula is C25H26ClN3O5S. The molecular weight excluding hydrogens is 490 g/mol. The number of hydrogen-bond donors (Lipinski definition) is 1. The molecule has 4 rings (SSSR count). The van der Waals surface area contributed by atoms with Gasteiger partial charge >= 0.3 is 0 Å². The lowest BCUT2D eigenvalue weighted by molar-refractivity contribution is -0.125. The zero-order valence-electron chi connectivity index (χ0n) is 19.3. The molecule has 1 N–H and O–H groups in total. The SMILES string of the molecule is COc1ccc(C2CN(S(=O)(=O)c3ccc(Cl)cc3)CC2C(=O)NCc2ccccn2)c(OC)c1. The Balaban J connectivity index is 1.66. The van der Waals surface area contributed by atoms with Crippen molar-refractivity contribution in [2.75, 3.05) is 27.3 Å². The highest BCUT2D eigenvalue weighted by molar-refractivity contribution is 7.89. The molecule has 0 radical (unpaired) electrons. The maximum Gasteiger partial charge on any atom is 0.243 e. The van der Waals surface area contributed by atoms with Crippen LogP contribution in [0.15, 0.2) is 71.8 Å². The van der Waals surface area contributed by atoms with Gasteiger partial charge in [-0.3, -0.25) is 9.78 Å². The Morgan fingerprint density at radius 1 is 1.09 bits per heavy atom. The summed E-state index contributed by atoms with van der Waals surface area (Å²) >= 11 is 5.94. The minimum absolute atomic E-state index is 0.0266. The van der Waals surface area contributed by atoms with E-state index in [1.807, 2.05) is 18.2 Å². The topological polar surface area (TPSA) is 97.8 Å². The lowest BCUT2D eigenvalue weighted by atomic mass is 9.87. The first-order valence-corrected chi connectivity index (χ1v) is 12.8. The molecule has 1 fully saturated rings. The van der Waals surface area contributed by atoms with Crippen LogP contribution in [0.2, 0.25) is 5.02 Å². The van der Waals surface area contributed by atoms with E-state index in [0.717, 1.165) is 5.56 Å². The molecule has 0 aliphatic carbocycles. The van der Waals surface area contributed by atoms with Crippen molar-refractivity contribution in [2.45, 2.75) is 17.4 Å². The summed E-state index contributed by atoms with van der Waals surface area (Å²) in [6.07, 6.45) is 1.66. The molecule has 2 heterocycles. The molecule has 1 saturated heterocycles. The van der Waals surface area contributed by atoms with E-state index < -0.39 is 21.9 Å². The van der Waals surface area contributed by atoms with E-state index >= 15 is 0 Å². The average molecular weight is 516 g/mol.